The van der Waals surface area contributed by atoms with Crippen LogP contribution in [0.15, 0.2) is 33.5 Å². The van der Waals surface area contributed by atoms with Crippen LogP contribution in [0.1, 0.15) is 13.8 Å². The van der Waals surface area contributed by atoms with E-state index >= 15 is 0 Å². The van der Waals surface area contributed by atoms with Crippen LogP contribution >= 0.6 is 0 Å². The number of methoxy groups -OCH3 is 2. The van der Waals surface area contributed by atoms with Crippen LogP contribution in [0.4, 0.5) is 0 Å². The fraction of sp³-hybridized carbons (Fsp3) is 0.438. The van der Waals surface area contributed by atoms with E-state index in [9.17, 15) is 9.90 Å². The minimum Gasteiger partial charge on any atom is -0.493 e. The van der Waals surface area contributed by atoms with Crippen molar-refractivity contribution in [3.8, 4) is 11.5 Å². The monoisotopic (exact) mass is 308 g/mol. The molecule has 0 bridgehead atoms. The van der Waals surface area contributed by atoms with E-state index in [2.05, 4.69) is 0 Å². The molecule has 1 aromatic carbocycles. The third-order valence-corrected chi connectivity index (χ3v) is 3.63. The number of benzene rings is 1. The summed E-state index contributed by atoms with van der Waals surface area (Å²) < 4.78 is 21.2. The maximum atomic E-state index is 11.3. The molecule has 0 fully saturated rings. The van der Waals surface area contributed by atoms with Gasteiger partial charge in [-0.1, -0.05) is 0 Å². The number of hydrogen-bond donors (Lipinski definition) is 1. The van der Waals surface area contributed by atoms with Gasteiger partial charge in [0.1, 0.15) is 18.3 Å². The number of ether oxygens (including phenoxy) is 3. The zero-order valence-electron chi connectivity index (χ0n) is 13.1. The zero-order valence-corrected chi connectivity index (χ0v) is 13.1. The van der Waals surface area contributed by atoms with Crippen molar-refractivity contribution >= 4 is 11.0 Å². The lowest BCUT2D eigenvalue weighted by Crippen LogP contribution is -2.42. The van der Waals surface area contributed by atoms with Gasteiger partial charge in [-0.2, -0.15) is 0 Å². The van der Waals surface area contributed by atoms with Gasteiger partial charge < -0.3 is 23.7 Å². The van der Waals surface area contributed by atoms with Crippen molar-refractivity contribution in [3.63, 3.8) is 0 Å². The minimum atomic E-state index is -0.833. The summed E-state index contributed by atoms with van der Waals surface area (Å²) in [6.07, 6.45) is -0.833. The molecule has 22 heavy (non-hydrogen) atoms. The normalized spacial score (nSPS) is 13.1. The molecule has 0 aliphatic rings. The molecule has 1 N–H and O–H groups in total. The van der Waals surface area contributed by atoms with Gasteiger partial charge in [0.05, 0.1) is 12.7 Å². The fourth-order valence-corrected chi connectivity index (χ4v) is 1.85. The molecular weight excluding hydrogens is 288 g/mol. The van der Waals surface area contributed by atoms with Gasteiger partial charge in [-0.25, -0.2) is 4.79 Å². The Hall–Kier alpha value is -2.05. The highest BCUT2D eigenvalue weighted by atomic mass is 16.5. The van der Waals surface area contributed by atoms with Gasteiger partial charge in [-0.3, -0.25) is 0 Å². The Bertz CT molecular complexity index is 703. The number of hydrogen-bond acceptors (Lipinski definition) is 6. The third kappa shape index (κ3) is 3.40. The van der Waals surface area contributed by atoms with Gasteiger partial charge >= 0.3 is 5.63 Å². The lowest BCUT2D eigenvalue weighted by Gasteiger charge is -2.29. The van der Waals surface area contributed by atoms with Gasteiger partial charge in [-0.05, 0) is 26.0 Å². The van der Waals surface area contributed by atoms with Gasteiger partial charge in [0.15, 0.2) is 11.5 Å². The highest BCUT2D eigenvalue weighted by molar-refractivity contribution is 5.80. The van der Waals surface area contributed by atoms with E-state index in [1.54, 1.807) is 32.0 Å². The molecule has 2 rings (SSSR count). The van der Waals surface area contributed by atoms with E-state index in [0.29, 0.717) is 17.1 Å². The van der Waals surface area contributed by atoms with E-state index < -0.39 is 17.3 Å². The van der Waals surface area contributed by atoms with Crippen LogP contribution in [0, 0.1) is 0 Å². The van der Waals surface area contributed by atoms with E-state index in [0.717, 1.165) is 5.39 Å². The smallest absolute Gasteiger partial charge is 0.336 e. The van der Waals surface area contributed by atoms with Crippen molar-refractivity contribution in [2.75, 3.05) is 20.8 Å². The van der Waals surface area contributed by atoms with Gasteiger partial charge in [0.2, 0.25) is 0 Å². The maximum Gasteiger partial charge on any atom is 0.336 e. The summed E-state index contributed by atoms with van der Waals surface area (Å²) in [5.74, 6) is 0.874. The Morgan fingerprint density at radius 3 is 2.59 bits per heavy atom. The molecule has 0 saturated heterocycles. The second kappa shape index (κ2) is 6.37. The van der Waals surface area contributed by atoms with Crippen molar-refractivity contribution in [1.29, 1.82) is 0 Å². The predicted molar refractivity (Wildman–Crippen MR) is 81.6 cm³/mol. The number of fused-ring (bicyclic) bond motifs is 1. The first-order valence-corrected chi connectivity index (χ1v) is 6.85. The first kappa shape index (κ1) is 16.3. The summed E-state index contributed by atoms with van der Waals surface area (Å²) in [5.41, 5.74) is -0.788. The minimum absolute atomic E-state index is 0.0137. The second-order valence-electron chi connectivity index (χ2n) is 5.43. The van der Waals surface area contributed by atoms with Crippen LogP contribution in [0.5, 0.6) is 11.5 Å². The molecule has 1 unspecified atom stereocenters. The number of aliphatic hydroxyl groups is 1. The molecular formula is C16H20O6. The molecule has 0 amide bonds. The first-order chi connectivity index (χ1) is 10.4. The number of aliphatic hydroxyl groups excluding tert-OH is 1. The van der Waals surface area contributed by atoms with Crippen molar-refractivity contribution < 1.29 is 23.7 Å². The average Bonchev–Trinajstić information content (AvgIpc) is 2.51. The van der Waals surface area contributed by atoms with E-state index in [4.69, 9.17) is 18.6 Å². The fourth-order valence-electron chi connectivity index (χ4n) is 1.85. The molecule has 6 heteroatoms. The topological polar surface area (TPSA) is 78.1 Å². The summed E-state index contributed by atoms with van der Waals surface area (Å²) in [6.45, 7) is 3.54. The van der Waals surface area contributed by atoms with Crippen LogP contribution in [0.2, 0.25) is 0 Å². The molecule has 0 saturated carbocycles. The van der Waals surface area contributed by atoms with Crippen molar-refractivity contribution in [2.24, 2.45) is 0 Å². The molecule has 1 aromatic heterocycles. The van der Waals surface area contributed by atoms with E-state index in [-0.39, 0.29) is 6.61 Å². The maximum absolute atomic E-state index is 11.3. The summed E-state index contributed by atoms with van der Waals surface area (Å²) in [6, 6.07) is 6.27. The second-order valence-corrected chi connectivity index (χ2v) is 5.43. The Morgan fingerprint density at radius 2 is 1.95 bits per heavy atom. The Labute approximate surface area is 128 Å². The van der Waals surface area contributed by atoms with Crippen molar-refractivity contribution in [2.45, 2.75) is 25.6 Å². The lowest BCUT2D eigenvalue weighted by molar-refractivity contribution is -0.0916. The zero-order chi connectivity index (χ0) is 16.3. The Balaban J connectivity index is 2.28. The Morgan fingerprint density at radius 1 is 1.23 bits per heavy atom. The van der Waals surface area contributed by atoms with Crippen molar-refractivity contribution in [1.82, 2.24) is 0 Å². The third-order valence-electron chi connectivity index (χ3n) is 3.63. The highest BCUT2D eigenvalue weighted by Crippen LogP contribution is 2.32. The van der Waals surface area contributed by atoms with Crippen molar-refractivity contribution in [3.05, 3.63) is 34.7 Å². The molecule has 0 radical (unpaired) electrons. The molecule has 1 atom stereocenters. The van der Waals surface area contributed by atoms with Gasteiger partial charge in [0, 0.05) is 24.6 Å². The molecule has 0 aliphatic carbocycles. The summed E-state index contributed by atoms with van der Waals surface area (Å²) in [4.78, 5) is 11.3. The molecule has 0 aliphatic heterocycles. The quantitative estimate of drug-likeness (QED) is 0.822. The van der Waals surface area contributed by atoms with Gasteiger partial charge in [-0.15, -0.1) is 0 Å². The average molecular weight is 308 g/mol. The lowest BCUT2D eigenvalue weighted by atomic mass is 10.0. The molecule has 2 aromatic rings. The van der Waals surface area contributed by atoms with Crippen LogP contribution in [0.25, 0.3) is 11.0 Å². The number of rotatable bonds is 6. The first-order valence-electron chi connectivity index (χ1n) is 6.85. The summed E-state index contributed by atoms with van der Waals surface area (Å²) in [5, 5.41) is 10.8. The highest BCUT2D eigenvalue weighted by Gasteiger charge is 2.28. The molecule has 1 heterocycles. The SMILES string of the molecule is COc1cc2ccc(=O)oc2cc1OCC(O)C(C)(C)OC. The van der Waals surface area contributed by atoms with Crippen LogP contribution in [-0.2, 0) is 4.74 Å². The van der Waals surface area contributed by atoms with Crippen LogP contribution < -0.4 is 15.1 Å². The molecule has 120 valence electrons. The van der Waals surface area contributed by atoms with E-state index in [1.807, 2.05) is 0 Å². The Kier molecular flexibility index (Phi) is 4.73. The van der Waals surface area contributed by atoms with Gasteiger partial charge in [0.25, 0.3) is 0 Å². The standard InChI is InChI=1S/C16H20O6/c1-16(2,20-4)14(17)9-21-13-8-11-10(7-12(13)19-3)5-6-15(18)22-11/h5-8,14,17H,9H2,1-4H3. The summed E-state index contributed by atoms with van der Waals surface area (Å²) >= 11 is 0. The van der Waals surface area contributed by atoms with Crippen LogP contribution in [-0.4, -0.2) is 37.6 Å². The molecule has 6 nitrogen and oxygen atoms in total. The summed E-state index contributed by atoms with van der Waals surface area (Å²) in [7, 11) is 3.04. The van der Waals surface area contributed by atoms with E-state index in [1.165, 1.54) is 20.3 Å². The largest absolute Gasteiger partial charge is 0.493 e. The van der Waals surface area contributed by atoms with Crippen LogP contribution in [0.3, 0.4) is 0 Å². The predicted octanol–water partition coefficient (Wildman–Crippen LogP) is 1.97. The molecule has 0 spiro atoms.